The van der Waals surface area contributed by atoms with Gasteiger partial charge in [0, 0.05) is 13.7 Å². The van der Waals surface area contributed by atoms with Crippen molar-refractivity contribution < 1.29 is 19.4 Å². The largest absolute Gasteiger partial charge is 0.507 e. The maximum Gasteiger partial charge on any atom is 0.255 e. The third-order valence-electron chi connectivity index (χ3n) is 2.51. The molecule has 1 aromatic rings. The second kappa shape index (κ2) is 6.86. The van der Waals surface area contributed by atoms with Crippen molar-refractivity contribution in [3.05, 3.63) is 23.8 Å². The summed E-state index contributed by atoms with van der Waals surface area (Å²) in [5.74, 6) is 0.358. The van der Waals surface area contributed by atoms with E-state index in [0.29, 0.717) is 18.9 Å². The van der Waals surface area contributed by atoms with Crippen LogP contribution in [0.15, 0.2) is 18.2 Å². The molecule has 0 radical (unpaired) electrons. The van der Waals surface area contributed by atoms with Gasteiger partial charge < -0.3 is 19.9 Å². The normalized spacial score (nSPS) is 11.9. The van der Waals surface area contributed by atoms with E-state index >= 15 is 0 Å². The van der Waals surface area contributed by atoms with Crippen LogP contribution in [0.2, 0.25) is 0 Å². The van der Waals surface area contributed by atoms with E-state index in [1.807, 2.05) is 6.92 Å². The Hall–Kier alpha value is -1.75. The predicted molar refractivity (Wildman–Crippen MR) is 68.0 cm³/mol. The van der Waals surface area contributed by atoms with Crippen LogP contribution < -0.4 is 10.1 Å². The van der Waals surface area contributed by atoms with Crippen molar-refractivity contribution in [3.8, 4) is 11.5 Å². The van der Waals surface area contributed by atoms with Crippen LogP contribution in [0.3, 0.4) is 0 Å². The number of carbonyl (C=O) groups excluding carboxylic acids is 1. The topological polar surface area (TPSA) is 67.8 Å². The van der Waals surface area contributed by atoms with Crippen molar-refractivity contribution in [2.24, 2.45) is 5.92 Å². The molecule has 1 rings (SSSR count). The van der Waals surface area contributed by atoms with E-state index in [9.17, 15) is 9.90 Å². The van der Waals surface area contributed by atoms with Gasteiger partial charge >= 0.3 is 0 Å². The zero-order valence-electron chi connectivity index (χ0n) is 10.9. The van der Waals surface area contributed by atoms with E-state index in [-0.39, 0.29) is 23.1 Å². The quantitative estimate of drug-likeness (QED) is 0.804. The number of benzene rings is 1. The van der Waals surface area contributed by atoms with E-state index in [1.165, 1.54) is 19.2 Å². The number of phenolic OH excluding ortho intramolecular Hbond substituents is 1. The SMILES string of the molecule is COCC(C)CNC(=O)c1cc(OC)ccc1O. The van der Waals surface area contributed by atoms with Gasteiger partial charge in [0.1, 0.15) is 11.5 Å². The number of ether oxygens (including phenoxy) is 2. The molecule has 0 aliphatic carbocycles. The fourth-order valence-electron chi connectivity index (χ4n) is 1.53. The molecule has 1 aromatic carbocycles. The van der Waals surface area contributed by atoms with E-state index in [2.05, 4.69) is 5.32 Å². The van der Waals surface area contributed by atoms with Gasteiger partial charge in [-0.15, -0.1) is 0 Å². The molecule has 1 unspecified atom stereocenters. The standard InChI is InChI=1S/C13H19NO4/c1-9(8-17-2)7-14-13(16)11-6-10(18-3)4-5-12(11)15/h4-6,9,15H,7-8H2,1-3H3,(H,14,16). The summed E-state index contributed by atoms with van der Waals surface area (Å²) in [5.41, 5.74) is 0.207. The van der Waals surface area contributed by atoms with E-state index in [4.69, 9.17) is 9.47 Å². The van der Waals surface area contributed by atoms with Crippen molar-refractivity contribution in [2.75, 3.05) is 27.4 Å². The Bertz CT molecular complexity index is 406. The Morgan fingerprint density at radius 1 is 1.44 bits per heavy atom. The highest BCUT2D eigenvalue weighted by atomic mass is 16.5. The third-order valence-corrected chi connectivity index (χ3v) is 2.51. The third kappa shape index (κ3) is 3.92. The minimum atomic E-state index is -0.325. The molecule has 0 saturated heterocycles. The van der Waals surface area contributed by atoms with Gasteiger partial charge in [-0.05, 0) is 24.1 Å². The summed E-state index contributed by atoms with van der Waals surface area (Å²) in [7, 11) is 3.13. The lowest BCUT2D eigenvalue weighted by Gasteiger charge is -2.12. The fourth-order valence-corrected chi connectivity index (χ4v) is 1.53. The number of nitrogens with one attached hydrogen (secondary N) is 1. The van der Waals surface area contributed by atoms with Crippen LogP contribution in [0.4, 0.5) is 0 Å². The van der Waals surface area contributed by atoms with Gasteiger partial charge in [-0.2, -0.15) is 0 Å². The van der Waals surface area contributed by atoms with Crippen LogP contribution in [0.5, 0.6) is 11.5 Å². The highest BCUT2D eigenvalue weighted by Crippen LogP contribution is 2.22. The number of aromatic hydroxyl groups is 1. The van der Waals surface area contributed by atoms with Crippen LogP contribution in [-0.2, 0) is 4.74 Å². The van der Waals surface area contributed by atoms with Gasteiger partial charge in [0.15, 0.2) is 0 Å². The minimum absolute atomic E-state index is 0.0623. The maximum atomic E-state index is 11.9. The van der Waals surface area contributed by atoms with Crippen LogP contribution in [-0.4, -0.2) is 38.4 Å². The molecule has 0 aliphatic heterocycles. The fraction of sp³-hybridized carbons (Fsp3) is 0.462. The van der Waals surface area contributed by atoms with Crippen LogP contribution in [0.25, 0.3) is 0 Å². The number of methoxy groups -OCH3 is 2. The molecule has 0 saturated carbocycles. The highest BCUT2D eigenvalue weighted by molar-refractivity contribution is 5.97. The lowest BCUT2D eigenvalue weighted by Crippen LogP contribution is -2.29. The Labute approximate surface area is 107 Å². The first kappa shape index (κ1) is 14.3. The predicted octanol–water partition coefficient (Wildman–Crippen LogP) is 1.41. The number of amides is 1. The number of hydrogen-bond acceptors (Lipinski definition) is 4. The first-order chi connectivity index (χ1) is 8.58. The van der Waals surface area contributed by atoms with Gasteiger partial charge in [0.05, 0.1) is 19.3 Å². The van der Waals surface area contributed by atoms with Crippen molar-refractivity contribution in [2.45, 2.75) is 6.92 Å². The molecule has 1 atom stereocenters. The summed E-state index contributed by atoms with van der Waals surface area (Å²) in [6.07, 6.45) is 0. The molecule has 0 aromatic heterocycles. The average molecular weight is 253 g/mol. The molecule has 0 spiro atoms. The Morgan fingerprint density at radius 2 is 2.17 bits per heavy atom. The smallest absolute Gasteiger partial charge is 0.255 e. The summed E-state index contributed by atoms with van der Waals surface area (Å²) in [4.78, 5) is 11.9. The van der Waals surface area contributed by atoms with Crippen LogP contribution >= 0.6 is 0 Å². The average Bonchev–Trinajstić information content (AvgIpc) is 2.37. The summed E-state index contributed by atoms with van der Waals surface area (Å²) in [6, 6.07) is 4.54. The lowest BCUT2D eigenvalue weighted by molar-refractivity contribution is 0.0931. The van der Waals surface area contributed by atoms with E-state index < -0.39 is 0 Å². The summed E-state index contributed by atoms with van der Waals surface area (Å²) < 4.78 is 9.99. The van der Waals surface area contributed by atoms with E-state index in [0.717, 1.165) is 0 Å². The zero-order chi connectivity index (χ0) is 13.5. The zero-order valence-corrected chi connectivity index (χ0v) is 10.9. The van der Waals surface area contributed by atoms with Crippen molar-refractivity contribution in [3.63, 3.8) is 0 Å². The lowest BCUT2D eigenvalue weighted by atomic mass is 10.1. The molecule has 100 valence electrons. The Morgan fingerprint density at radius 3 is 2.78 bits per heavy atom. The molecular weight excluding hydrogens is 234 g/mol. The molecular formula is C13H19NO4. The van der Waals surface area contributed by atoms with Crippen LogP contribution in [0.1, 0.15) is 17.3 Å². The number of rotatable bonds is 6. The molecule has 1 amide bonds. The molecule has 0 aliphatic rings. The number of hydrogen-bond donors (Lipinski definition) is 2. The van der Waals surface area contributed by atoms with Gasteiger partial charge in [-0.3, -0.25) is 4.79 Å². The van der Waals surface area contributed by atoms with Gasteiger partial charge in [-0.25, -0.2) is 0 Å². The number of phenols is 1. The molecule has 5 nitrogen and oxygen atoms in total. The first-order valence-electron chi connectivity index (χ1n) is 5.72. The molecule has 0 fully saturated rings. The first-order valence-corrected chi connectivity index (χ1v) is 5.72. The monoisotopic (exact) mass is 253 g/mol. The summed E-state index contributed by atoms with van der Waals surface area (Å²) in [6.45, 7) is 3.03. The molecule has 5 heteroatoms. The number of carbonyl (C=O) groups is 1. The maximum absolute atomic E-state index is 11.9. The van der Waals surface area contributed by atoms with E-state index in [1.54, 1.807) is 13.2 Å². The molecule has 0 heterocycles. The van der Waals surface area contributed by atoms with Gasteiger partial charge in [0.25, 0.3) is 5.91 Å². The van der Waals surface area contributed by atoms with Gasteiger partial charge in [0.2, 0.25) is 0 Å². The minimum Gasteiger partial charge on any atom is -0.507 e. The Balaban J connectivity index is 2.66. The highest BCUT2D eigenvalue weighted by Gasteiger charge is 2.13. The van der Waals surface area contributed by atoms with Crippen molar-refractivity contribution in [1.82, 2.24) is 5.32 Å². The summed E-state index contributed by atoms with van der Waals surface area (Å²) in [5, 5.41) is 12.4. The molecule has 0 bridgehead atoms. The molecule has 18 heavy (non-hydrogen) atoms. The van der Waals surface area contributed by atoms with Crippen molar-refractivity contribution >= 4 is 5.91 Å². The second-order valence-electron chi connectivity index (χ2n) is 4.15. The van der Waals surface area contributed by atoms with Crippen LogP contribution in [0, 0.1) is 5.92 Å². The van der Waals surface area contributed by atoms with Crippen molar-refractivity contribution in [1.29, 1.82) is 0 Å². The Kier molecular flexibility index (Phi) is 5.45. The van der Waals surface area contributed by atoms with Gasteiger partial charge in [-0.1, -0.05) is 6.92 Å². The molecule has 2 N–H and O–H groups in total. The second-order valence-corrected chi connectivity index (χ2v) is 4.15. The summed E-state index contributed by atoms with van der Waals surface area (Å²) >= 11 is 0.